The Balaban J connectivity index is 2.58. The quantitative estimate of drug-likeness (QED) is 0.834. The number of anilines is 1. The van der Waals surface area contributed by atoms with Gasteiger partial charge in [-0.2, -0.15) is 0 Å². The lowest BCUT2D eigenvalue weighted by atomic mass is 10.3. The molecule has 0 bridgehead atoms. The number of ether oxygens (including phenoxy) is 1. The van der Waals surface area contributed by atoms with Gasteiger partial charge in [0.15, 0.2) is 5.11 Å². The summed E-state index contributed by atoms with van der Waals surface area (Å²) in [6.07, 6.45) is 0. The molecule has 1 unspecified atom stereocenters. The summed E-state index contributed by atoms with van der Waals surface area (Å²) in [5.74, 6) is 0. The Morgan fingerprint density at radius 1 is 1.47 bits per heavy atom. The first kappa shape index (κ1) is 14.5. The number of benzene rings is 1. The van der Waals surface area contributed by atoms with Crippen molar-refractivity contribution in [3.05, 3.63) is 28.2 Å². The van der Waals surface area contributed by atoms with Gasteiger partial charge in [0.25, 0.3) is 0 Å². The number of thiocarbonyl (C=S) groups is 1. The van der Waals surface area contributed by atoms with Crippen LogP contribution in [0.25, 0.3) is 0 Å². The van der Waals surface area contributed by atoms with E-state index < -0.39 is 0 Å². The summed E-state index contributed by atoms with van der Waals surface area (Å²) < 4.78 is 5.00. The maximum Gasteiger partial charge on any atom is 0.171 e. The van der Waals surface area contributed by atoms with Crippen LogP contribution in [0.1, 0.15) is 6.92 Å². The van der Waals surface area contributed by atoms with Crippen molar-refractivity contribution in [3.63, 3.8) is 0 Å². The average molecular weight is 293 g/mol. The van der Waals surface area contributed by atoms with E-state index in [1.807, 2.05) is 6.92 Å². The molecule has 0 aliphatic heterocycles. The Kier molecular flexibility index (Phi) is 5.98. The molecule has 0 amide bonds. The smallest absolute Gasteiger partial charge is 0.171 e. The van der Waals surface area contributed by atoms with Gasteiger partial charge in [-0.15, -0.1) is 0 Å². The predicted molar refractivity (Wildman–Crippen MR) is 77.2 cm³/mol. The molecule has 1 aromatic rings. The molecular formula is C11H14Cl2N2OS. The molecule has 2 N–H and O–H groups in total. The SMILES string of the molecule is COCC(C)NC(=S)Nc1cc(Cl)ccc1Cl. The number of halogens is 2. The molecule has 1 atom stereocenters. The number of hydrogen-bond donors (Lipinski definition) is 2. The van der Waals surface area contributed by atoms with Gasteiger partial charge in [-0.05, 0) is 37.3 Å². The highest BCUT2D eigenvalue weighted by molar-refractivity contribution is 7.80. The third kappa shape index (κ3) is 5.08. The van der Waals surface area contributed by atoms with E-state index in [-0.39, 0.29) is 6.04 Å². The minimum absolute atomic E-state index is 0.123. The second-order valence-electron chi connectivity index (χ2n) is 3.58. The summed E-state index contributed by atoms with van der Waals surface area (Å²) in [6, 6.07) is 5.28. The molecule has 0 fully saturated rings. The molecule has 3 nitrogen and oxygen atoms in total. The average Bonchev–Trinajstić information content (AvgIpc) is 2.23. The van der Waals surface area contributed by atoms with Crippen LogP contribution >= 0.6 is 35.4 Å². The highest BCUT2D eigenvalue weighted by Crippen LogP contribution is 2.25. The maximum atomic E-state index is 6.00. The van der Waals surface area contributed by atoms with E-state index in [0.29, 0.717) is 27.5 Å². The van der Waals surface area contributed by atoms with Crippen LogP contribution in [-0.2, 0) is 4.74 Å². The van der Waals surface area contributed by atoms with Crippen LogP contribution in [-0.4, -0.2) is 24.9 Å². The summed E-state index contributed by atoms with van der Waals surface area (Å²) in [4.78, 5) is 0. The van der Waals surface area contributed by atoms with Crippen LogP contribution < -0.4 is 10.6 Å². The zero-order chi connectivity index (χ0) is 12.8. The van der Waals surface area contributed by atoms with Crippen molar-refractivity contribution in [2.24, 2.45) is 0 Å². The van der Waals surface area contributed by atoms with Crippen molar-refractivity contribution >= 4 is 46.2 Å². The molecule has 0 saturated carbocycles. The fraction of sp³-hybridized carbons (Fsp3) is 0.364. The number of hydrogen-bond acceptors (Lipinski definition) is 2. The van der Waals surface area contributed by atoms with Gasteiger partial charge < -0.3 is 15.4 Å². The van der Waals surface area contributed by atoms with Crippen molar-refractivity contribution in [2.75, 3.05) is 19.0 Å². The Bertz CT molecular complexity index is 401. The second-order valence-corrected chi connectivity index (χ2v) is 4.83. The van der Waals surface area contributed by atoms with E-state index in [1.54, 1.807) is 25.3 Å². The van der Waals surface area contributed by atoms with Gasteiger partial charge in [0.2, 0.25) is 0 Å². The molecule has 6 heteroatoms. The number of nitrogens with one attached hydrogen (secondary N) is 2. The first-order valence-corrected chi connectivity index (χ1v) is 6.21. The first-order valence-electron chi connectivity index (χ1n) is 5.04. The van der Waals surface area contributed by atoms with E-state index in [4.69, 9.17) is 40.2 Å². The van der Waals surface area contributed by atoms with E-state index in [2.05, 4.69) is 10.6 Å². The Morgan fingerprint density at radius 3 is 2.82 bits per heavy atom. The monoisotopic (exact) mass is 292 g/mol. The van der Waals surface area contributed by atoms with Gasteiger partial charge in [0.1, 0.15) is 0 Å². The van der Waals surface area contributed by atoms with Gasteiger partial charge in [0, 0.05) is 18.2 Å². The molecule has 17 heavy (non-hydrogen) atoms. The minimum atomic E-state index is 0.123. The highest BCUT2D eigenvalue weighted by atomic mass is 35.5. The van der Waals surface area contributed by atoms with Crippen LogP contribution in [0, 0.1) is 0 Å². The number of rotatable bonds is 4. The van der Waals surface area contributed by atoms with Gasteiger partial charge in [-0.25, -0.2) is 0 Å². The largest absolute Gasteiger partial charge is 0.383 e. The zero-order valence-corrected chi connectivity index (χ0v) is 11.9. The lowest BCUT2D eigenvalue weighted by Gasteiger charge is -2.16. The fourth-order valence-electron chi connectivity index (χ4n) is 1.27. The standard InChI is InChI=1S/C11H14Cl2N2OS/c1-7(6-16-2)14-11(17)15-10-5-8(12)3-4-9(10)13/h3-5,7H,6H2,1-2H3,(H2,14,15,17). The molecule has 94 valence electrons. The van der Waals surface area contributed by atoms with Crippen molar-refractivity contribution in [1.29, 1.82) is 0 Å². The third-order valence-electron chi connectivity index (χ3n) is 1.97. The first-order chi connectivity index (χ1) is 8.02. The van der Waals surface area contributed by atoms with Crippen LogP contribution in [0.5, 0.6) is 0 Å². The molecule has 0 aliphatic rings. The third-order valence-corrected chi connectivity index (χ3v) is 2.76. The van der Waals surface area contributed by atoms with Crippen LogP contribution in [0.4, 0.5) is 5.69 Å². The Labute approximate surface area is 116 Å². The highest BCUT2D eigenvalue weighted by Gasteiger charge is 2.06. The van der Waals surface area contributed by atoms with Gasteiger partial charge >= 0.3 is 0 Å². The van der Waals surface area contributed by atoms with E-state index in [0.717, 1.165) is 0 Å². The topological polar surface area (TPSA) is 33.3 Å². The molecule has 0 aliphatic carbocycles. The summed E-state index contributed by atoms with van der Waals surface area (Å²) in [7, 11) is 1.64. The van der Waals surface area contributed by atoms with E-state index in [9.17, 15) is 0 Å². The van der Waals surface area contributed by atoms with Gasteiger partial charge in [0.05, 0.1) is 17.3 Å². The summed E-state index contributed by atoms with van der Waals surface area (Å²) >= 11 is 17.0. The van der Waals surface area contributed by atoms with Crippen LogP contribution in [0.2, 0.25) is 10.0 Å². The van der Waals surface area contributed by atoms with Crippen molar-refractivity contribution in [2.45, 2.75) is 13.0 Å². The normalized spacial score (nSPS) is 12.0. The van der Waals surface area contributed by atoms with E-state index >= 15 is 0 Å². The van der Waals surface area contributed by atoms with Crippen molar-refractivity contribution < 1.29 is 4.74 Å². The summed E-state index contributed by atoms with van der Waals surface area (Å²) in [6.45, 7) is 2.54. The van der Waals surface area contributed by atoms with Crippen LogP contribution in [0.15, 0.2) is 18.2 Å². The fourth-order valence-corrected chi connectivity index (χ4v) is 1.92. The minimum Gasteiger partial charge on any atom is -0.383 e. The molecule has 1 aromatic carbocycles. The summed E-state index contributed by atoms with van der Waals surface area (Å²) in [5, 5.41) is 7.71. The van der Waals surface area contributed by atoms with Crippen LogP contribution in [0.3, 0.4) is 0 Å². The predicted octanol–water partition coefficient (Wildman–Crippen LogP) is 3.31. The molecule has 0 spiro atoms. The lowest BCUT2D eigenvalue weighted by Crippen LogP contribution is -2.38. The molecular weight excluding hydrogens is 279 g/mol. The molecule has 0 heterocycles. The Morgan fingerprint density at radius 2 is 2.18 bits per heavy atom. The Hall–Kier alpha value is -0.550. The van der Waals surface area contributed by atoms with Crippen molar-refractivity contribution in [3.8, 4) is 0 Å². The second kappa shape index (κ2) is 7.01. The number of methoxy groups -OCH3 is 1. The maximum absolute atomic E-state index is 6.00. The zero-order valence-electron chi connectivity index (χ0n) is 9.59. The lowest BCUT2D eigenvalue weighted by molar-refractivity contribution is 0.179. The van der Waals surface area contributed by atoms with Crippen molar-refractivity contribution in [1.82, 2.24) is 5.32 Å². The molecule has 0 saturated heterocycles. The van der Waals surface area contributed by atoms with Gasteiger partial charge in [-0.1, -0.05) is 23.2 Å². The molecule has 1 rings (SSSR count). The van der Waals surface area contributed by atoms with E-state index in [1.165, 1.54) is 0 Å². The molecule has 0 radical (unpaired) electrons. The van der Waals surface area contributed by atoms with Gasteiger partial charge in [-0.3, -0.25) is 0 Å². The molecule has 0 aromatic heterocycles. The summed E-state index contributed by atoms with van der Waals surface area (Å²) in [5.41, 5.74) is 0.682.